The second kappa shape index (κ2) is 7.71. The van der Waals surface area contributed by atoms with E-state index < -0.39 is 5.79 Å². The van der Waals surface area contributed by atoms with Crippen LogP contribution in [-0.2, 0) is 32.7 Å². The molecule has 9 heteroatoms. The molecule has 5 heterocycles. The van der Waals surface area contributed by atoms with Gasteiger partial charge >= 0.3 is 0 Å². The molecule has 9 nitrogen and oxygen atoms in total. The van der Waals surface area contributed by atoms with Crippen LogP contribution in [0.25, 0.3) is 22.2 Å². The third-order valence-electron chi connectivity index (χ3n) is 7.03. The molecule has 0 atom stereocenters. The quantitative estimate of drug-likeness (QED) is 0.612. The predicted molar refractivity (Wildman–Crippen MR) is 122 cm³/mol. The number of aromatic nitrogens is 3. The lowest BCUT2D eigenvalue weighted by Crippen LogP contribution is -2.51. The van der Waals surface area contributed by atoms with Gasteiger partial charge in [0.25, 0.3) is 0 Å². The van der Waals surface area contributed by atoms with Crippen LogP contribution in [0.2, 0.25) is 0 Å². The lowest BCUT2D eigenvalue weighted by Gasteiger charge is -2.38. The number of hydrogen-bond acceptors (Lipinski definition) is 5. The molecular weight excluding hydrogens is 422 g/mol. The Hall–Kier alpha value is -3.17. The smallest absolute Gasteiger partial charge is 0.242 e. The minimum atomic E-state index is -0.524. The molecule has 3 aliphatic rings. The first-order chi connectivity index (χ1) is 16.0. The molecule has 6 rings (SSSR count). The Bertz CT molecular complexity index is 1230. The third kappa shape index (κ3) is 3.43. The van der Waals surface area contributed by atoms with E-state index in [0.29, 0.717) is 57.9 Å². The zero-order valence-electron chi connectivity index (χ0n) is 18.7. The summed E-state index contributed by atoms with van der Waals surface area (Å²) in [6, 6.07) is 10.1. The summed E-state index contributed by atoms with van der Waals surface area (Å²) in [5.74, 6) is 0.0520. The van der Waals surface area contributed by atoms with Crippen LogP contribution in [0.15, 0.2) is 36.5 Å². The Kier molecular flexibility index (Phi) is 4.77. The van der Waals surface area contributed by atoms with Crippen molar-refractivity contribution in [3.8, 4) is 11.3 Å². The van der Waals surface area contributed by atoms with E-state index in [-0.39, 0.29) is 18.4 Å². The molecule has 33 heavy (non-hydrogen) atoms. The summed E-state index contributed by atoms with van der Waals surface area (Å²) >= 11 is 0. The van der Waals surface area contributed by atoms with Crippen LogP contribution >= 0.6 is 0 Å². The SMILES string of the molecule is Cn1cc(-c2cc3n(n2)CCC(=O)N3CC(=O)N2CCC3(CC2)OCCO3)c2ccccc21. The molecule has 1 aromatic carbocycles. The number of rotatable bonds is 3. The highest BCUT2D eigenvalue weighted by Gasteiger charge is 2.41. The van der Waals surface area contributed by atoms with E-state index in [1.807, 2.05) is 34.8 Å². The second-order valence-corrected chi connectivity index (χ2v) is 9.00. The van der Waals surface area contributed by atoms with Gasteiger partial charge in [-0.05, 0) is 6.07 Å². The van der Waals surface area contributed by atoms with Gasteiger partial charge in [-0.2, -0.15) is 5.10 Å². The van der Waals surface area contributed by atoms with E-state index in [1.165, 1.54) is 0 Å². The van der Waals surface area contributed by atoms with Crippen molar-refractivity contribution in [3.63, 3.8) is 0 Å². The summed E-state index contributed by atoms with van der Waals surface area (Å²) in [7, 11) is 2.01. The molecule has 0 unspecified atom stereocenters. The van der Waals surface area contributed by atoms with E-state index in [1.54, 1.807) is 4.90 Å². The number of piperidine rings is 1. The van der Waals surface area contributed by atoms with E-state index in [4.69, 9.17) is 14.6 Å². The summed E-state index contributed by atoms with van der Waals surface area (Å²) in [6.07, 6.45) is 3.72. The fourth-order valence-electron chi connectivity index (χ4n) is 5.22. The molecule has 0 saturated carbocycles. The van der Waals surface area contributed by atoms with Gasteiger partial charge in [0.15, 0.2) is 5.79 Å². The molecule has 2 aromatic heterocycles. The maximum Gasteiger partial charge on any atom is 0.242 e. The number of amides is 2. The summed E-state index contributed by atoms with van der Waals surface area (Å²) in [5.41, 5.74) is 2.95. The second-order valence-electron chi connectivity index (χ2n) is 9.00. The van der Waals surface area contributed by atoms with Crippen LogP contribution in [0.3, 0.4) is 0 Å². The number of ether oxygens (including phenoxy) is 2. The van der Waals surface area contributed by atoms with Gasteiger partial charge in [0.2, 0.25) is 11.8 Å². The Morgan fingerprint density at radius 3 is 2.67 bits per heavy atom. The van der Waals surface area contributed by atoms with Gasteiger partial charge < -0.3 is 18.9 Å². The van der Waals surface area contributed by atoms with Gasteiger partial charge in [-0.1, -0.05) is 18.2 Å². The molecule has 3 aromatic rings. The lowest BCUT2D eigenvalue weighted by atomic mass is 10.0. The monoisotopic (exact) mass is 449 g/mol. The number of carbonyl (C=O) groups excluding carboxylic acids is 2. The van der Waals surface area contributed by atoms with Crippen LogP contribution in [0.1, 0.15) is 19.3 Å². The summed E-state index contributed by atoms with van der Waals surface area (Å²) in [6.45, 7) is 2.90. The highest BCUT2D eigenvalue weighted by atomic mass is 16.7. The van der Waals surface area contributed by atoms with Gasteiger partial charge in [-0.25, -0.2) is 4.68 Å². The molecular formula is C24H27N5O4. The number of carbonyl (C=O) groups is 2. The molecule has 172 valence electrons. The number of para-hydroxylation sites is 1. The van der Waals surface area contributed by atoms with Crippen LogP contribution in [0.5, 0.6) is 0 Å². The maximum atomic E-state index is 13.1. The Morgan fingerprint density at radius 2 is 1.88 bits per heavy atom. The molecule has 0 bridgehead atoms. The van der Waals surface area contributed by atoms with Crippen molar-refractivity contribution in [2.45, 2.75) is 31.6 Å². The molecule has 3 aliphatic heterocycles. The van der Waals surface area contributed by atoms with Crippen molar-refractivity contribution in [2.75, 3.05) is 37.7 Å². The number of nitrogens with zero attached hydrogens (tertiary/aromatic N) is 5. The first-order valence-corrected chi connectivity index (χ1v) is 11.5. The highest BCUT2D eigenvalue weighted by molar-refractivity contribution is 6.00. The fourth-order valence-corrected chi connectivity index (χ4v) is 5.22. The fraction of sp³-hybridized carbons (Fsp3) is 0.458. The zero-order valence-corrected chi connectivity index (χ0v) is 18.7. The number of aryl methyl sites for hydroxylation is 2. The number of anilines is 1. The van der Waals surface area contributed by atoms with Crippen molar-refractivity contribution in [3.05, 3.63) is 36.5 Å². The molecule has 1 spiro atoms. The van der Waals surface area contributed by atoms with E-state index in [2.05, 4.69) is 22.9 Å². The molecule has 2 amide bonds. The van der Waals surface area contributed by atoms with E-state index in [9.17, 15) is 9.59 Å². The summed E-state index contributed by atoms with van der Waals surface area (Å²) in [4.78, 5) is 29.3. The highest BCUT2D eigenvalue weighted by Crippen LogP contribution is 2.34. The van der Waals surface area contributed by atoms with Crippen LogP contribution in [0, 0.1) is 0 Å². The molecule has 2 fully saturated rings. The zero-order chi connectivity index (χ0) is 22.6. The topological polar surface area (TPSA) is 81.8 Å². The van der Waals surface area contributed by atoms with Gasteiger partial charge in [0, 0.05) is 68.1 Å². The van der Waals surface area contributed by atoms with E-state index in [0.717, 1.165) is 22.2 Å². The van der Waals surface area contributed by atoms with Crippen molar-refractivity contribution in [2.24, 2.45) is 7.05 Å². The minimum Gasteiger partial charge on any atom is -0.350 e. The summed E-state index contributed by atoms with van der Waals surface area (Å²) in [5, 5.41) is 5.90. The summed E-state index contributed by atoms with van der Waals surface area (Å²) < 4.78 is 15.4. The first kappa shape index (κ1) is 20.4. The van der Waals surface area contributed by atoms with Gasteiger partial charge in [0.1, 0.15) is 12.4 Å². The third-order valence-corrected chi connectivity index (χ3v) is 7.03. The first-order valence-electron chi connectivity index (χ1n) is 11.5. The molecule has 2 saturated heterocycles. The van der Waals surface area contributed by atoms with Crippen molar-refractivity contribution in [1.29, 1.82) is 0 Å². The molecule has 0 aliphatic carbocycles. The van der Waals surface area contributed by atoms with Gasteiger partial charge in [-0.3, -0.25) is 14.5 Å². The van der Waals surface area contributed by atoms with Crippen LogP contribution in [-0.4, -0.2) is 69.7 Å². The largest absolute Gasteiger partial charge is 0.350 e. The van der Waals surface area contributed by atoms with Crippen molar-refractivity contribution < 1.29 is 19.1 Å². The standard InChI is InChI=1S/C24H27N5O4/c1-26-15-18(17-4-2-3-5-20(17)26)19-14-21-28(22(30)6-9-29(21)25-19)16-23(31)27-10-7-24(8-11-27)32-12-13-33-24/h2-5,14-15H,6-13,16H2,1H3. The Morgan fingerprint density at radius 1 is 1.12 bits per heavy atom. The van der Waals surface area contributed by atoms with Crippen molar-refractivity contribution in [1.82, 2.24) is 19.2 Å². The number of likely N-dealkylation sites (tertiary alicyclic amines) is 1. The Balaban J connectivity index is 1.24. The lowest BCUT2D eigenvalue weighted by molar-refractivity contribution is -0.187. The van der Waals surface area contributed by atoms with Crippen LogP contribution < -0.4 is 4.90 Å². The average Bonchev–Trinajstić information content (AvgIpc) is 3.54. The number of fused-ring (bicyclic) bond motifs is 2. The van der Waals surface area contributed by atoms with Gasteiger partial charge in [-0.15, -0.1) is 0 Å². The molecule has 0 N–H and O–H groups in total. The molecule has 0 radical (unpaired) electrons. The maximum absolute atomic E-state index is 13.1. The van der Waals surface area contributed by atoms with Gasteiger partial charge in [0.05, 0.1) is 25.5 Å². The number of hydrogen-bond donors (Lipinski definition) is 0. The predicted octanol–water partition coefficient (Wildman–Crippen LogP) is 2.14. The average molecular weight is 450 g/mol. The van der Waals surface area contributed by atoms with E-state index >= 15 is 0 Å². The Labute approximate surface area is 191 Å². The number of benzene rings is 1. The van der Waals surface area contributed by atoms with Crippen LogP contribution in [0.4, 0.5) is 5.82 Å². The minimum absolute atomic E-state index is 0.0220. The normalized spacial score (nSPS) is 20.1. The van der Waals surface area contributed by atoms with Crippen molar-refractivity contribution >= 4 is 28.5 Å².